The molecule has 0 N–H and O–H groups in total. The van der Waals surface area contributed by atoms with E-state index in [0.717, 1.165) is 16.7 Å². The van der Waals surface area contributed by atoms with Crippen molar-refractivity contribution in [2.75, 3.05) is 6.26 Å². The number of fused-ring (bicyclic) bond motifs is 1. The minimum Gasteiger partial charge on any atom is -0.341 e. The zero-order valence-electron chi connectivity index (χ0n) is 9.83. The first-order chi connectivity index (χ1) is 7.63. The van der Waals surface area contributed by atoms with E-state index in [0.29, 0.717) is 6.04 Å². The molecule has 0 saturated heterocycles. The van der Waals surface area contributed by atoms with Gasteiger partial charge in [-0.1, -0.05) is 0 Å². The predicted molar refractivity (Wildman–Crippen MR) is 69.5 cm³/mol. The molecule has 16 heavy (non-hydrogen) atoms. The Bertz CT molecular complexity index is 502. The van der Waals surface area contributed by atoms with E-state index in [1.165, 1.54) is 11.8 Å². The van der Waals surface area contributed by atoms with Gasteiger partial charge in [-0.15, -0.1) is 0 Å². The summed E-state index contributed by atoms with van der Waals surface area (Å²) in [6.45, 7) is 4.32. The fourth-order valence-electron chi connectivity index (χ4n) is 2.13. The van der Waals surface area contributed by atoms with Crippen LogP contribution in [-0.2, 0) is 5.75 Å². The fraction of sp³-hybridized carbons (Fsp3) is 0.385. The lowest BCUT2D eigenvalue weighted by molar-refractivity contribution is 0.604. The molecular formula is C13H16FNS. The van der Waals surface area contributed by atoms with Gasteiger partial charge in [-0.25, -0.2) is 4.39 Å². The Hall–Kier alpha value is -0.960. The molecule has 0 aliphatic rings. The molecule has 0 amide bonds. The number of halogens is 1. The maximum Gasteiger partial charge on any atom is 0.123 e. The van der Waals surface area contributed by atoms with Gasteiger partial charge >= 0.3 is 0 Å². The first-order valence-corrected chi connectivity index (χ1v) is 6.81. The Balaban J connectivity index is 2.65. The number of hydrogen-bond acceptors (Lipinski definition) is 1. The van der Waals surface area contributed by atoms with Crippen LogP contribution in [0, 0.1) is 5.82 Å². The maximum absolute atomic E-state index is 13.2. The molecule has 0 bridgehead atoms. The molecule has 0 saturated carbocycles. The van der Waals surface area contributed by atoms with E-state index >= 15 is 0 Å². The fourth-order valence-corrected chi connectivity index (χ4v) is 2.65. The minimum atomic E-state index is -0.163. The topological polar surface area (TPSA) is 4.93 Å². The molecule has 1 aromatic heterocycles. The van der Waals surface area contributed by atoms with Crippen molar-refractivity contribution in [1.29, 1.82) is 0 Å². The molecule has 3 heteroatoms. The van der Waals surface area contributed by atoms with Crippen LogP contribution >= 0.6 is 11.8 Å². The third-order valence-corrected chi connectivity index (χ3v) is 3.27. The van der Waals surface area contributed by atoms with Crippen LogP contribution in [-0.4, -0.2) is 10.8 Å². The molecule has 0 radical (unpaired) electrons. The summed E-state index contributed by atoms with van der Waals surface area (Å²) >= 11 is 1.79. The molecular weight excluding hydrogens is 221 g/mol. The van der Waals surface area contributed by atoms with Gasteiger partial charge in [0.1, 0.15) is 5.82 Å². The summed E-state index contributed by atoms with van der Waals surface area (Å²) < 4.78 is 15.4. The van der Waals surface area contributed by atoms with Gasteiger partial charge in [0.15, 0.2) is 0 Å². The van der Waals surface area contributed by atoms with E-state index in [1.54, 1.807) is 17.8 Å². The first-order valence-electron chi connectivity index (χ1n) is 5.41. The predicted octanol–water partition coefficient (Wildman–Crippen LogP) is 4.22. The molecule has 2 rings (SSSR count). The van der Waals surface area contributed by atoms with Crippen LogP contribution in [0.5, 0.6) is 0 Å². The van der Waals surface area contributed by atoms with E-state index < -0.39 is 0 Å². The van der Waals surface area contributed by atoms with Crippen LogP contribution in [0.2, 0.25) is 0 Å². The molecule has 1 aromatic carbocycles. The minimum absolute atomic E-state index is 0.163. The Labute approximate surface area is 99.6 Å². The van der Waals surface area contributed by atoms with Crippen LogP contribution in [0.25, 0.3) is 10.9 Å². The average Bonchev–Trinajstić information content (AvgIpc) is 2.55. The molecule has 0 spiro atoms. The quantitative estimate of drug-likeness (QED) is 0.773. The van der Waals surface area contributed by atoms with E-state index in [-0.39, 0.29) is 5.82 Å². The summed E-state index contributed by atoms with van der Waals surface area (Å²) in [7, 11) is 0. The highest BCUT2D eigenvalue weighted by Crippen LogP contribution is 2.26. The summed E-state index contributed by atoms with van der Waals surface area (Å²) in [5.74, 6) is 0.804. The molecule has 0 aliphatic heterocycles. The third kappa shape index (κ3) is 1.96. The summed E-state index contributed by atoms with van der Waals surface area (Å²) in [5.41, 5.74) is 2.39. The van der Waals surface area contributed by atoms with Gasteiger partial charge in [0.25, 0.3) is 0 Å². The number of benzene rings is 1. The summed E-state index contributed by atoms with van der Waals surface area (Å²) in [6.07, 6.45) is 2.09. The number of thioether (sulfide) groups is 1. The second-order valence-corrected chi connectivity index (χ2v) is 5.10. The average molecular weight is 237 g/mol. The van der Waals surface area contributed by atoms with Crippen molar-refractivity contribution in [1.82, 2.24) is 4.57 Å². The monoisotopic (exact) mass is 237 g/mol. The van der Waals surface area contributed by atoms with Gasteiger partial charge < -0.3 is 4.57 Å². The molecule has 0 unspecified atom stereocenters. The smallest absolute Gasteiger partial charge is 0.123 e. The van der Waals surface area contributed by atoms with Gasteiger partial charge in [0, 0.05) is 28.4 Å². The molecule has 2 aromatic rings. The Kier molecular flexibility index (Phi) is 3.24. The Morgan fingerprint density at radius 1 is 1.31 bits per heavy atom. The molecule has 0 aliphatic carbocycles. The second kappa shape index (κ2) is 4.50. The van der Waals surface area contributed by atoms with Crippen molar-refractivity contribution in [3.05, 3.63) is 35.8 Å². The lowest BCUT2D eigenvalue weighted by Crippen LogP contribution is -2.04. The highest BCUT2D eigenvalue weighted by atomic mass is 32.2. The lowest BCUT2D eigenvalue weighted by atomic mass is 10.2. The van der Waals surface area contributed by atoms with Crippen molar-refractivity contribution in [3.63, 3.8) is 0 Å². The maximum atomic E-state index is 13.2. The second-order valence-electron chi connectivity index (χ2n) is 4.24. The first kappa shape index (κ1) is 11.5. The summed E-state index contributed by atoms with van der Waals surface area (Å²) in [5, 5.41) is 0.998. The van der Waals surface area contributed by atoms with E-state index in [1.807, 2.05) is 6.07 Å². The summed E-state index contributed by atoms with van der Waals surface area (Å²) in [4.78, 5) is 0. The van der Waals surface area contributed by atoms with Crippen molar-refractivity contribution in [3.8, 4) is 0 Å². The van der Waals surface area contributed by atoms with Crippen LogP contribution in [0.15, 0.2) is 24.3 Å². The lowest BCUT2D eigenvalue weighted by Gasteiger charge is -2.14. The number of hydrogen-bond donors (Lipinski definition) is 0. The standard InChI is InChI=1S/C13H16FNS/c1-9(2)15-12(8-16-3)7-10-6-11(14)4-5-13(10)15/h4-7,9H,8H2,1-3H3. The van der Waals surface area contributed by atoms with Crippen molar-refractivity contribution >= 4 is 22.7 Å². The van der Waals surface area contributed by atoms with Crippen LogP contribution in [0.1, 0.15) is 25.6 Å². The van der Waals surface area contributed by atoms with Crippen molar-refractivity contribution in [2.45, 2.75) is 25.6 Å². The van der Waals surface area contributed by atoms with Crippen LogP contribution in [0.4, 0.5) is 4.39 Å². The number of rotatable bonds is 3. The Morgan fingerprint density at radius 2 is 2.06 bits per heavy atom. The Morgan fingerprint density at radius 3 is 2.69 bits per heavy atom. The SMILES string of the molecule is CSCc1cc2cc(F)ccc2n1C(C)C. The molecule has 0 atom stereocenters. The van der Waals surface area contributed by atoms with E-state index in [2.05, 4.69) is 30.7 Å². The molecule has 0 fully saturated rings. The molecule has 86 valence electrons. The van der Waals surface area contributed by atoms with Crippen molar-refractivity contribution < 1.29 is 4.39 Å². The number of nitrogens with zero attached hydrogens (tertiary/aromatic N) is 1. The highest BCUT2D eigenvalue weighted by molar-refractivity contribution is 7.97. The third-order valence-electron chi connectivity index (χ3n) is 2.69. The van der Waals surface area contributed by atoms with Gasteiger partial charge in [-0.05, 0) is 44.4 Å². The van der Waals surface area contributed by atoms with Crippen molar-refractivity contribution in [2.24, 2.45) is 0 Å². The zero-order valence-corrected chi connectivity index (χ0v) is 10.6. The van der Waals surface area contributed by atoms with Gasteiger partial charge in [-0.3, -0.25) is 0 Å². The van der Waals surface area contributed by atoms with Gasteiger partial charge in [0.2, 0.25) is 0 Å². The van der Waals surface area contributed by atoms with Crippen LogP contribution < -0.4 is 0 Å². The van der Waals surface area contributed by atoms with E-state index in [9.17, 15) is 4.39 Å². The number of aromatic nitrogens is 1. The largest absolute Gasteiger partial charge is 0.341 e. The molecule has 1 heterocycles. The normalized spacial score (nSPS) is 11.6. The molecule has 1 nitrogen and oxygen atoms in total. The van der Waals surface area contributed by atoms with Gasteiger partial charge in [0.05, 0.1) is 0 Å². The van der Waals surface area contributed by atoms with E-state index in [4.69, 9.17) is 0 Å². The highest BCUT2D eigenvalue weighted by Gasteiger charge is 2.11. The van der Waals surface area contributed by atoms with Crippen LogP contribution in [0.3, 0.4) is 0 Å². The summed E-state index contributed by atoms with van der Waals surface area (Å²) in [6, 6.07) is 7.51. The van der Waals surface area contributed by atoms with Gasteiger partial charge in [-0.2, -0.15) is 11.8 Å². The zero-order chi connectivity index (χ0) is 11.7.